The highest BCUT2D eigenvalue weighted by Gasteiger charge is 2.32. The minimum atomic E-state index is -0.208. The number of amides is 1. The zero-order valence-corrected chi connectivity index (χ0v) is 15.8. The van der Waals surface area contributed by atoms with Gasteiger partial charge < -0.3 is 14.0 Å². The molecule has 0 aromatic carbocycles. The van der Waals surface area contributed by atoms with E-state index in [4.69, 9.17) is 27.9 Å². The van der Waals surface area contributed by atoms with Crippen LogP contribution >= 0.6 is 23.2 Å². The molecular formula is C18H16Cl2N4O2. The molecule has 0 unspecified atom stereocenters. The summed E-state index contributed by atoms with van der Waals surface area (Å²) < 4.78 is 7.05. The fourth-order valence-corrected chi connectivity index (χ4v) is 3.81. The number of rotatable bonds is 2. The van der Waals surface area contributed by atoms with E-state index in [9.17, 15) is 4.79 Å². The maximum Gasteiger partial charge on any atom is 0.292 e. The molecule has 3 aromatic rings. The first kappa shape index (κ1) is 17.1. The smallest absolute Gasteiger partial charge is 0.292 e. The second-order valence-electron chi connectivity index (χ2n) is 6.16. The van der Waals surface area contributed by atoms with Crippen LogP contribution in [0.4, 0.5) is 0 Å². The Balaban J connectivity index is 1.72. The second-order valence-corrected chi connectivity index (χ2v) is 6.94. The number of carbonyl (C=O) groups excluding carboxylic acids is 1. The highest BCUT2D eigenvalue weighted by molar-refractivity contribution is 6.44. The van der Waals surface area contributed by atoms with Crippen LogP contribution in [0.5, 0.6) is 5.75 Å². The first-order chi connectivity index (χ1) is 12.5. The van der Waals surface area contributed by atoms with Crippen LogP contribution in [0.15, 0.2) is 30.7 Å². The summed E-state index contributed by atoms with van der Waals surface area (Å²) in [7, 11) is 1.53. The monoisotopic (exact) mass is 390 g/mol. The fourth-order valence-electron chi connectivity index (χ4n) is 3.45. The van der Waals surface area contributed by atoms with Gasteiger partial charge in [-0.1, -0.05) is 23.2 Å². The number of hydrogen-bond donors (Lipinski definition) is 0. The number of nitrogens with zero attached hydrogens (tertiary/aromatic N) is 4. The van der Waals surface area contributed by atoms with Crippen LogP contribution in [0, 0.1) is 0 Å². The molecule has 0 N–H and O–H groups in total. The van der Waals surface area contributed by atoms with Crippen LogP contribution in [-0.4, -0.2) is 38.8 Å². The molecule has 0 saturated carbocycles. The predicted molar refractivity (Wildman–Crippen MR) is 99.2 cm³/mol. The zero-order valence-electron chi connectivity index (χ0n) is 14.2. The summed E-state index contributed by atoms with van der Waals surface area (Å²) in [6, 6.07) is 3.67. The lowest BCUT2D eigenvalue weighted by Gasteiger charge is -2.33. The number of methoxy groups -OCH3 is 1. The van der Waals surface area contributed by atoms with E-state index in [0.717, 1.165) is 17.6 Å². The molecule has 4 heterocycles. The Bertz CT molecular complexity index is 1000. The first-order valence-corrected chi connectivity index (χ1v) is 8.91. The van der Waals surface area contributed by atoms with E-state index >= 15 is 0 Å². The van der Waals surface area contributed by atoms with Crippen molar-refractivity contribution in [2.75, 3.05) is 13.7 Å². The number of ether oxygens (including phenoxy) is 1. The van der Waals surface area contributed by atoms with Gasteiger partial charge in [0.05, 0.1) is 41.1 Å². The number of aromatic nitrogens is 3. The zero-order chi connectivity index (χ0) is 18.4. The van der Waals surface area contributed by atoms with Crippen molar-refractivity contribution in [2.24, 2.45) is 0 Å². The summed E-state index contributed by atoms with van der Waals surface area (Å²) in [5.74, 6) is 0.462. The maximum atomic E-state index is 12.9. The molecule has 3 aromatic heterocycles. The molecule has 0 spiro atoms. The van der Waals surface area contributed by atoms with E-state index in [1.807, 2.05) is 23.6 Å². The lowest BCUT2D eigenvalue weighted by atomic mass is 10.0. The van der Waals surface area contributed by atoms with Gasteiger partial charge in [-0.3, -0.25) is 4.79 Å². The third-order valence-corrected chi connectivity index (χ3v) is 5.57. The molecule has 1 aliphatic heterocycles. The van der Waals surface area contributed by atoms with Crippen LogP contribution in [0.3, 0.4) is 0 Å². The Morgan fingerprint density at radius 3 is 2.73 bits per heavy atom. The average molecular weight is 391 g/mol. The summed E-state index contributed by atoms with van der Waals surface area (Å²) in [5, 5.41) is 1.04. The highest BCUT2D eigenvalue weighted by atomic mass is 35.5. The van der Waals surface area contributed by atoms with Gasteiger partial charge in [0.1, 0.15) is 0 Å². The van der Waals surface area contributed by atoms with Crippen molar-refractivity contribution in [3.8, 4) is 5.75 Å². The third-order valence-electron chi connectivity index (χ3n) is 4.76. The van der Waals surface area contributed by atoms with Crippen molar-refractivity contribution in [1.29, 1.82) is 0 Å². The molecule has 8 heteroatoms. The van der Waals surface area contributed by atoms with E-state index < -0.39 is 0 Å². The molecule has 1 amide bonds. The Morgan fingerprint density at radius 1 is 1.31 bits per heavy atom. The largest absolute Gasteiger partial charge is 0.494 e. The van der Waals surface area contributed by atoms with Gasteiger partial charge in [0.15, 0.2) is 5.75 Å². The predicted octanol–water partition coefficient (Wildman–Crippen LogP) is 3.80. The molecule has 0 radical (unpaired) electrons. The summed E-state index contributed by atoms with van der Waals surface area (Å²) in [6.07, 6.45) is 5.61. The number of halogens is 2. The molecule has 0 fully saturated rings. The van der Waals surface area contributed by atoms with Gasteiger partial charge in [-0.15, -0.1) is 0 Å². The van der Waals surface area contributed by atoms with E-state index in [1.54, 1.807) is 11.0 Å². The molecule has 0 aliphatic carbocycles. The summed E-state index contributed by atoms with van der Waals surface area (Å²) in [4.78, 5) is 22.9. The maximum absolute atomic E-state index is 12.9. The summed E-state index contributed by atoms with van der Waals surface area (Å²) in [6.45, 7) is 2.58. The van der Waals surface area contributed by atoms with Crippen LogP contribution in [-0.2, 0) is 6.42 Å². The van der Waals surface area contributed by atoms with E-state index in [2.05, 4.69) is 9.97 Å². The van der Waals surface area contributed by atoms with Crippen molar-refractivity contribution in [3.05, 3.63) is 57.9 Å². The number of pyridine rings is 1. The van der Waals surface area contributed by atoms with Gasteiger partial charge in [0, 0.05) is 18.4 Å². The quantitative estimate of drug-likeness (QED) is 0.667. The number of carbonyl (C=O) groups is 1. The van der Waals surface area contributed by atoms with Gasteiger partial charge in [-0.2, -0.15) is 0 Å². The standard InChI is InChI=1S/C18H16Cl2N4O2/c1-10-16-11(7-14-15(20)13(19)4-6-24(14)16)3-5-23(10)18(25)17-21-8-12(26-2)9-22-17/h4,6-10H,3,5H2,1-2H3/t10-/m0/s1. The lowest BCUT2D eigenvalue weighted by molar-refractivity contribution is 0.0660. The van der Waals surface area contributed by atoms with E-state index in [0.29, 0.717) is 22.3 Å². The SMILES string of the molecule is COc1cnc(C(=O)N2CCc3cc4c(Cl)c(Cl)ccn4c3[C@@H]2C)nc1. The van der Waals surface area contributed by atoms with E-state index in [-0.39, 0.29) is 17.8 Å². The Morgan fingerprint density at radius 2 is 2.04 bits per heavy atom. The Kier molecular flexibility index (Phi) is 4.25. The van der Waals surface area contributed by atoms with Crippen LogP contribution in [0.2, 0.25) is 10.0 Å². The molecule has 26 heavy (non-hydrogen) atoms. The molecule has 6 nitrogen and oxygen atoms in total. The average Bonchev–Trinajstić information content (AvgIpc) is 3.05. The topological polar surface area (TPSA) is 59.7 Å². The number of hydrogen-bond acceptors (Lipinski definition) is 4. The number of fused-ring (bicyclic) bond motifs is 3. The third kappa shape index (κ3) is 2.61. The summed E-state index contributed by atoms with van der Waals surface area (Å²) in [5.41, 5.74) is 3.05. The van der Waals surface area contributed by atoms with Gasteiger partial charge in [-0.05, 0) is 31.0 Å². The van der Waals surface area contributed by atoms with Crippen molar-refractivity contribution >= 4 is 34.6 Å². The first-order valence-electron chi connectivity index (χ1n) is 8.16. The molecule has 0 saturated heterocycles. The van der Waals surface area contributed by atoms with Crippen molar-refractivity contribution in [2.45, 2.75) is 19.4 Å². The van der Waals surface area contributed by atoms with Gasteiger partial charge in [-0.25, -0.2) is 9.97 Å². The Hall–Kier alpha value is -2.31. The molecule has 1 atom stereocenters. The molecular weight excluding hydrogens is 375 g/mol. The molecule has 134 valence electrons. The van der Waals surface area contributed by atoms with Crippen molar-refractivity contribution in [1.82, 2.24) is 19.3 Å². The second kappa shape index (κ2) is 6.45. The van der Waals surface area contributed by atoms with Crippen molar-refractivity contribution < 1.29 is 9.53 Å². The fraction of sp³-hybridized carbons (Fsp3) is 0.278. The van der Waals surface area contributed by atoms with Gasteiger partial charge in [0.2, 0.25) is 5.82 Å². The van der Waals surface area contributed by atoms with Crippen LogP contribution in [0.25, 0.3) is 5.52 Å². The van der Waals surface area contributed by atoms with Crippen LogP contribution < -0.4 is 4.74 Å². The molecule has 0 bridgehead atoms. The van der Waals surface area contributed by atoms with Crippen LogP contribution in [0.1, 0.15) is 34.8 Å². The summed E-state index contributed by atoms with van der Waals surface area (Å²) >= 11 is 12.5. The van der Waals surface area contributed by atoms with Gasteiger partial charge >= 0.3 is 0 Å². The van der Waals surface area contributed by atoms with E-state index in [1.165, 1.54) is 25.1 Å². The lowest BCUT2D eigenvalue weighted by Crippen LogP contribution is -2.39. The minimum Gasteiger partial charge on any atom is -0.494 e. The Labute approximate surface area is 160 Å². The minimum absolute atomic E-state index is 0.142. The van der Waals surface area contributed by atoms with Crippen molar-refractivity contribution in [3.63, 3.8) is 0 Å². The molecule has 1 aliphatic rings. The normalized spacial score (nSPS) is 16.6. The van der Waals surface area contributed by atoms with Gasteiger partial charge in [0.25, 0.3) is 5.91 Å². The highest BCUT2D eigenvalue weighted by Crippen LogP contribution is 2.36. The molecule has 4 rings (SSSR count).